The number of fused-ring (bicyclic) bond motifs is 1. The summed E-state index contributed by atoms with van der Waals surface area (Å²) < 4.78 is 0. The van der Waals surface area contributed by atoms with Crippen LogP contribution in [0, 0.1) is 0 Å². The monoisotopic (exact) mass is 396 g/mol. The molecular formula is C25H20N2O3. The standard InChI is InChI=1S/C25H20N2O3/c28-24(23-14-13-20-10-4-5-12-22(20)26-23)27(16-18-7-2-1-3-8-18)17-19-9-6-11-21(15-19)25(29)30/h1-15H,16-17H2,(H,29,30). The largest absolute Gasteiger partial charge is 0.478 e. The summed E-state index contributed by atoms with van der Waals surface area (Å²) in [6, 6.07) is 27.6. The number of amides is 1. The molecule has 0 aliphatic rings. The normalized spacial score (nSPS) is 10.7. The van der Waals surface area contributed by atoms with Gasteiger partial charge in [-0.25, -0.2) is 9.78 Å². The molecule has 30 heavy (non-hydrogen) atoms. The molecule has 0 unspecified atom stereocenters. The molecule has 1 amide bonds. The Morgan fingerprint density at radius 2 is 1.47 bits per heavy atom. The minimum absolute atomic E-state index is 0.198. The molecule has 0 radical (unpaired) electrons. The summed E-state index contributed by atoms with van der Waals surface area (Å²) in [5.41, 5.74) is 3.05. The number of benzene rings is 3. The van der Waals surface area contributed by atoms with Crippen molar-refractivity contribution in [2.75, 3.05) is 0 Å². The topological polar surface area (TPSA) is 70.5 Å². The first kappa shape index (κ1) is 19.3. The van der Waals surface area contributed by atoms with E-state index in [-0.39, 0.29) is 18.0 Å². The van der Waals surface area contributed by atoms with E-state index in [2.05, 4.69) is 4.98 Å². The second kappa shape index (κ2) is 8.57. The van der Waals surface area contributed by atoms with Gasteiger partial charge >= 0.3 is 5.97 Å². The predicted octanol–water partition coefficient (Wildman–Crippen LogP) is 4.78. The van der Waals surface area contributed by atoms with Gasteiger partial charge in [0.15, 0.2) is 0 Å². The molecule has 1 aromatic heterocycles. The molecule has 1 N–H and O–H groups in total. The predicted molar refractivity (Wildman–Crippen MR) is 115 cm³/mol. The van der Waals surface area contributed by atoms with E-state index in [1.54, 1.807) is 29.2 Å². The Bertz CT molecular complexity index is 1210. The van der Waals surface area contributed by atoms with E-state index in [4.69, 9.17) is 0 Å². The van der Waals surface area contributed by atoms with Gasteiger partial charge in [-0.2, -0.15) is 0 Å². The van der Waals surface area contributed by atoms with E-state index < -0.39 is 5.97 Å². The van der Waals surface area contributed by atoms with Gasteiger partial charge in [-0.05, 0) is 35.4 Å². The molecule has 0 spiro atoms. The molecule has 5 heteroatoms. The van der Waals surface area contributed by atoms with Crippen LogP contribution in [0.25, 0.3) is 10.9 Å². The number of aromatic nitrogens is 1. The molecule has 0 atom stereocenters. The first-order chi connectivity index (χ1) is 14.6. The lowest BCUT2D eigenvalue weighted by molar-refractivity contribution is 0.0696. The number of rotatable bonds is 6. The number of carboxylic acid groups (broad SMARTS) is 1. The molecule has 3 aromatic carbocycles. The maximum Gasteiger partial charge on any atom is 0.335 e. The van der Waals surface area contributed by atoms with Gasteiger partial charge in [0.2, 0.25) is 0 Å². The molecule has 5 nitrogen and oxygen atoms in total. The van der Waals surface area contributed by atoms with Crippen LogP contribution in [0.3, 0.4) is 0 Å². The Balaban J connectivity index is 1.67. The number of hydrogen-bond acceptors (Lipinski definition) is 3. The van der Waals surface area contributed by atoms with Gasteiger partial charge in [0.05, 0.1) is 11.1 Å². The second-order valence-electron chi connectivity index (χ2n) is 7.04. The number of para-hydroxylation sites is 1. The van der Waals surface area contributed by atoms with Crippen LogP contribution in [0.4, 0.5) is 0 Å². The SMILES string of the molecule is O=C(O)c1cccc(CN(Cc2ccccc2)C(=O)c2ccc3ccccc3n2)c1. The van der Waals surface area contributed by atoms with Crippen LogP contribution in [-0.4, -0.2) is 26.9 Å². The molecule has 4 aromatic rings. The number of carbonyl (C=O) groups excluding carboxylic acids is 1. The average Bonchev–Trinajstić information content (AvgIpc) is 2.78. The second-order valence-corrected chi connectivity index (χ2v) is 7.04. The fourth-order valence-electron chi connectivity index (χ4n) is 3.37. The maximum absolute atomic E-state index is 13.4. The fourth-order valence-corrected chi connectivity index (χ4v) is 3.37. The molecule has 4 rings (SSSR count). The highest BCUT2D eigenvalue weighted by Gasteiger charge is 2.19. The molecule has 0 saturated heterocycles. The van der Waals surface area contributed by atoms with Crippen LogP contribution in [-0.2, 0) is 13.1 Å². The lowest BCUT2D eigenvalue weighted by atomic mass is 10.1. The average molecular weight is 396 g/mol. The maximum atomic E-state index is 13.4. The number of nitrogens with zero attached hydrogens (tertiary/aromatic N) is 2. The molecular weight excluding hydrogens is 376 g/mol. The van der Waals surface area contributed by atoms with E-state index in [9.17, 15) is 14.7 Å². The third-order valence-electron chi connectivity index (χ3n) is 4.87. The van der Waals surface area contributed by atoms with E-state index in [0.717, 1.165) is 22.0 Å². The number of carboxylic acids is 1. The van der Waals surface area contributed by atoms with E-state index >= 15 is 0 Å². The van der Waals surface area contributed by atoms with Crippen LogP contribution in [0.2, 0.25) is 0 Å². The van der Waals surface area contributed by atoms with Gasteiger partial charge < -0.3 is 10.0 Å². The quantitative estimate of drug-likeness (QED) is 0.509. The summed E-state index contributed by atoms with van der Waals surface area (Å²) in [6.07, 6.45) is 0. The summed E-state index contributed by atoms with van der Waals surface area (Å²) in [7, 11) is 0. The highest BCUT2D eigenvalue weighted by Crippen LogP contribution is 2.17. The van der Waals surface area contributed by atoms with Gasteiger partial charge in [-0.1, -0.05) is 66.7 Å². The summed E-state index contributed by atoms with van der Waals surface area (Å²) in [6.45, 7) is 0.675. The molecule has 0 aliphatic carbocycles. The Hall–Kier alpha value is -3.99. The lowest BCUT2D eigenvalue weighted by Gasteiger charge is -2.23. The van der Waals surface area contributed by atoms with Gasteiger partial charge in [-0.3, -0.25) is 4.79 Å². The van der Waals surface area contributed by atoms with Crippen LogP contribution >= 0.6 is 0 Å². The van der Waals surface area contributed by atoms with Crippen molar-refractivity contribution in [3.8, 4) is 0 Å². The van der Waals surface area contributed by atoms with Gasteiger partial charge in [0, 0.05) is 18.5 Å². The van der Waals surface area contributed by atoms with Crippen molar-refractivity contribution < 1.29 is 14.7 Å². The number of pyridine rings is 1. The molecule has 1 heterocycles. The number of carbonyl (C=O) groups is 2. The van der Waals surface area contributed by atoms with E-state index in [1.807, 2.05) is 66.7 Å². The first-order valence-corrected chi connectivity index (χ1v) is 9.61. The van der Waals surface area contributed by atoms with Crippen LogP contribution < -0.4 is 0 Å². The Morgan fingerprint density at radius 1 is 0.767 bits per heavy atom. The Kier molecular flexibility index (Phi) is 5.52. The summed E-state index contributed by atoms with van der Waals surface area (Å²) in [5.74, 6) is -1.20. The van der Waals surface area contributed by atoms with Gasteiger partial charge in [0.25, 0.3) is 5.91 Å². The summed E-state index contributed by atoms with van der Waals surface area (Å²) >= 11 is 0. The first-order valence-electron chi connectivity index (χ1n) is 9.61. The molecule has 0 aliphatic heterocycles. The van der Waals surface area contributed by atoms with Crippen molar-refractivity contribution in [1.29, 1.82) is 0 Å². The smallest absolute Gasteiger partial charge is 0.335 e. The molecule has 0 saturated carbocycles. The Labute approximate surface area is 174 Å². The molecule has 0 fully saturated rings. The van der Waals surface area contributed by atoms with Crippen molar-refractivity contribution in [3.63, 3.8) is 0 Å². The van der Waals surface area contributed by atoms with Crippen LogP contribution in [0.1, 0.15) is 32.0 Å². The van der Waals surface area contributed by atoms with Gasteiger partial charge in [-0.15, -0.1) is 0 Å². The minimum atomic E-state index is -0.992. The Morgan fingerprint density at radius 3 is 2.27 bits per heavy atom. The highest BCUT2D eigenvalue weighted by atomic mass is 16.4. The van der Waals surface area contributed by atoms with Crippen molar-refractivity contribution in [3.05, 3.63) is 113 Å². The van der Waals surface area contributed by atoms with Crippen LogP contribution in [0.15, 0.2) is 91.0 Å². The zero-order valence-corrected chi connectivity index (χ0v) is 16.2. The minimum Gasteiger partial charge on any atom is -0.478 e. The third-order valence-corrected chi connectivity index (χ3v) is 4.87. The molecule has 0 bridgehead atoms. The highest BCUT2D eigenvalue weighted by molar-refractivity contribution is 5.95. The van der Waals surface area contributed by atoms with Crippen molar-refractivity contribution in [2.24, 2.45) is 0 Å². The summed E-state index contributed by atoms with van der Waals surface area (Å²) in [5, 5.41) is 10.2. The van der Waals surface area contributed by atoms with Crippen molar-refractivity contribution in [2.45, 2.75) is 13.1 Å². The number of aromatic carboxylic acids is 1. The van der Waals surface area contributed by atoms with E-state index in [0.29, 0.717) is 12.2 Å². The van der Waals surface area contributed by atoms with Gasteiger partial charge in [0.1, 0.15) is 5.69 Å². The summed E-state index contributed by atoms with van der Waals surface area (Å²) in [4.78, 5) is 30.9. The zero-order chi connectivity index (χ0) is 20.9. The molecule has 148 valence electrons. The third kappa shape index (κ3) is 4.36. The number of hydrogen-bond donors (Lipinski definition) is 1. The zero-order valence-electron chi connectivity index (χ0n) is 16.2. The van der Waals surface area contributed by atoms with Crippen molar-refractivity contribution >= 4 is 22.8 Å². The lowest BCUT2D eigenvalue weighted by Crippen LogP contribution is -2.30. The van der Waals surface area contributed by atoms with Crippen LogP contribution in [0.5, 0.6) is 0 Å². The van der Waals surface area contributed by atoms with Crippen molar-refractivity contribution in [1.82, 2.24) is 9.88 Å². The fraction of sp³-hybridized carbons (Fsp3) is 0.0800. The van der Waals surface area contributed by atoms with E-state index in [1.165, 1.54) is 0 Å².